The van der Waals surface area contributed by atoms with Crippen molar-refractivity contribution < 1.29 is 9.53 Å². The Labute approximate surface area is 106 Å². The molecule has 0 fully saturated rings. The molecule has 0 spiro atoms. The fourth-order valence-electron chi connectivity index (χ4n) is 1.20. The molecule has 0 unspecified atom stereocenters. The van der Waals surface area contributed by atoms with E-state index in [-0.39, 0.29) is 17.0 Å². The van der Waals surface area contributed by atoms with Crippen LogP contribution in [0.4, 0.5) is 0 Å². The second-order valence-electron chi connectivity index (χ2n) is 6.66. The third-order valence-corrected chi connectivity index (χ3v) is 3.07. The van der Waals surface area contributed by atoms with E-state index >= 15 is 0 Å². The summed E-state index contributed by atoms with van der Waals surface area (Å²) in [6.45, 7) is 16.2. The van der Waals surface area contributed by atoms with E-state index in [2.05, 4.69) is 33.0 Å². The first kappa shape index (κ1) is 16.4. The van der Waals surface area contributed by atoms with Crippen molar-refractivity contribution >= 4 is 5.97 Å². The van der Waals surface area contributed by atoms with E-state index in [4.69, 9.17) is 4.74 Å². The fourth-order valence-corrected chi connectivity index (χ4v) is 1.20. The summed E-state index contributed by atoms with van der Waals surface area (Å²) >= 11 is 0. The standard InChI is InChI=1S/C14H29NO2/c1-11(2)14(6,7)10-15-9-8-12(16)17-13(3,4)5/h11,15H,8-10H2,1-7H3. The van der Waals surface area contributed by atoms with Crippen LogP contribution in [-0.4, -0.2) is 24.7 Å². The van der Waals surface area contributed by atoms with Gasteiger partial charge in [0.1, 0.15) is 5.60 Å². The first-order chi connectivity index (χ1) is 7.54. The van der Waals surface area contributed by atoms with E-state index in [9.17, 15) is 4.79 Å². The Balaban J connectivity index is 3.76. The van der Waals surface area contributed by atoms with Gasteiger partial charge in [-0.1, -0.05) is 27.7 Å². The van der Waals surface area contributed by atoms with Crippen molar-refractivity contribution in [2.75, 3.05) is 13.1 Å². The first-order valence-corrected chi connectivity index (χ1v) is 6.47. The molecule has 3 nitrogen and oxygen atoms in total. The van der Waals surface area contributed by atoms with E-state index < -0.39 is 0 Å². The Morgan fingerprint density at radius 2 is 1.71 bits per heavy atom. The van der Waals surface area contributed by atoms with Crippen molar-refractivity contribution in [3.8, 4) is 0 Å². The molecule has 0 aromatic heterocycles. The number of ether oxygens (including phenoxy) is 1. The minimum atomic E-state index is -0.381. The zero-order valence-electron chi connectivity index (χ0n) is 12.5. The lowest BCUT2D eigenvalue weighted by Gasteiger charge is -2.29. The molecular formula is C14H29NO2. The maximum Gasteiger partial charge on any atom is 0.307 e. The van der Waals surface area contributed by atoms with Gasteiger partial charge in [-0.25, -0.2) is 0 Å². The van der Waals surface area contributed by atoms with Gasteiger partial charge in [-0.05, 0) is 32.1 Å². The lowest BCUT2D eigenvalue weighted by molar-refractivity contribution is -0.154. The zero-order valence-corrected chi connectivity index (χ0v) is 12.5. The molecule has 0 saturated carbocycles. The second kappa shape index (κ2) is 6.39. The van der Waals surface area contributed by atoms with E-state index in [1.807, 2.05) is 20.8 Å². The van der Waals surface area contributed by atoms with Gasteiger partial charge in [0.05, 0.1) is 6.42 Å². The van der Waals surface area contributed by atoms with E-state index in [1.54, 1.807) is 0 Å². The Kier molecular flexibility index (Phi) is 6.17. The van der Waals surface area contributed by atoms with Crippen LogP contribution in [0.5, 0.6) is 0 Å². The molecule has 0 amide bonds. The highest BCUT2D eigenvalue weighted by Crippen LogP contribution is 2.24. The van der Waals surface area contributed by atoms with Gasteiger partial charge in [-0.3, -0.25) is 4.79 Å². The van der Waals surface area contributed by atoms with Crippen molar-refractivity contribution in [2.45, 2.75) is 60.5 Å². The Hall–Kier alpha value is -0.570. The maximum absolute atomic E-state index is 11.5. The average Bonchev–Trinajstić information content (AvgIpc) is 2.09. The van der Waals surface area contributed by atoms with Gasteiger partial charge in [0.25, 0.3) is 0 Å². The van der Waals surface area contributed by atoms with E-state index in [0.29, 0.717) is 18.9 Å². The summed E-state index contributed by atoms with van der Waals surface area (Å²) in [5.74, 6) is 0.490. The van der Waals surface area contributed by atoms with Gasteiger partial charge in [-0.2, -0.15) is 0 Å². The lowest BCUT2D eigenvalue weighted by atomic mass is 9.81. The summed E-state index contributed by atoms with van der Waals surface area (Å²) < 4.78 is 5.24. The van der Waals surface area contributed by atoms with Crippen LogP contribution in [0.3, 0.4) is 0 Å². The molecule has 102 valence electrons. The molecule has 0 aromatic rings. The molecule has 0 saturated heterocycles. The van der Waals surface area contributed by atoms with Gasteiger partial charge < -0.3 is 10.1 Å². The molecular weight excluding hydrogens is 214 g/mol. The molecule has 0 rings (SSSR count). The molecule has 1 N–H and O–H groups in total. The first-order valence-electron chi connectivity index (χ1n) is 6.47. The monoisotopic (exact) mass is 243 g/mol. The molecule has 0 aliphatic rings. The number of carbonyl (C=O) groups excluding carboxylic acids is 1. The number of hydrogen-bond donors (Lipinski definition) is 1. The molecule has 0 aliphatic carbocycles. The van der Waals surface area contributed by atoms with Gasteiger partial charge in [0.2, 0.25) is 0 Å². The fraction of sp³-hybridized carbons (Fsp3) is 0.929. The maximum atomic E-state index is 11.5. The molecule has 3 heteroatoms. The van der Waals surface area contributed by atoms with Crippen LogP contribution in [0.2, 0.25) is 0 Å². The highest BCUT2D eigenvalue weighted by Gasteiger charge is 2.22. The quantitative estimate of drug-likeness (QED) is 0.576. The van der Waals surface area contributed by atoms with E-state index in [1.165, 1.54) is 0 Å². The molecule has 0 bridgehead atoms. The summed E-state index contributed by atoms with van der Waals surface area (Å²) in [4.78, 5) is 11.5. The predicted molar refractivity (Wildman–Crippen MR) is 72.0 cm³/mol. The highest BCUT2D eigenvalue weighted by molar-refractivity contribution is 5.70. The molecule has 0 aliphatic heterocycles. The molecule has 0 radical (unpaired) electrons. The Morgan fingerprint density at radius 1 is 1.18 bits per heavy atom. The summed E-state index contributed by atoms with van der Waals surface area (Å²) in [5, 5.41) is 3.32. The highest BCUT2D eigenvalue weighted by atomic mass is 16.6. The van der Waals surface area contributed by atoms with Crippen molar-refractivity contribution in [1.29, 1.82) is 0 Å². The van der Waals surface area contributed by atoms with Crippen LogP contribution in [-0.2, 0) is 9.53 Å². The number of rotatable bonds is 6. The SMILES string of the molecule is CC(C)C(C)(C)CNCCC(=O)OC(C)(C)C. The van der Waals surface area contributed by atoms with Crippen LogP contribution in [0.25, 0.3) is 0 Å². The van der Waals surface area contributed by atoms with Crippen LogP contribution in [0.1, 0.15) is 54.9 Å². The summed E-state index contributed by atoms with van der Waals surface area (Å²) in [7, 11) is 0. The number of hydrogen-bond acceptors (Lipinski definition) is 3. The van der Waals surface area contributed by atoms with Crippen LogP contribution in [0.15, 0.2) is 0 Å². The largest absolute Gasteiger partial charge is 0.460 e. The van der Waals surface area contributed by atoms with Gasteiger partial charge in [0.15, 0.2) is 0 Å². The van der Waals surface area contributed by atoms with Crippen molar-refractivity contribution in [1.82, 2.24) is 5.32 Å². The third-order valence-electron chi connectivity index (χ3n) is 3.07. The van der Waals surface area contributed by atoms with Crippen molar-refractivity contribution in [3.05, 3.63) is 0 Å². The molecule has 0 heterocycles. The average molecular weight is 243 g/mol. The van der Waals surface area contributed by atoms with Gasteiger partial charge >= 0.3 is 5.97 Å². The Morgan fingerprint density at radius 3 is 2.12 bits per heavy atom. The van der Waals surface area contributed by atoms with Gasteiger partial charge in [0, 0.05) is 13.1 Å². The topological polar surface area (TPSA) is 38.3 Å². The minimum absolute atomic E-state index is 0.132. The number of carbonyl (C=O) groups is 1. The normalized spacial score (nSPS) is 12.9. The second-order valence-corrected chi connectivity index (χ2v) is 6.66. The summed E-state index contributed by atoms with van der Waals surface area (Å²) in [6.07, 6.45) is 0.436. The van der Waals surface area contributed by atoms with Crippen LogP contribution < -0.4 is 5.32 Å². The number of esters is 1. The summed E-state index contributed by atoms with van der Waals surface area (Å²) in [5.41, 5.74) is -0.123. The summed E-state index contributed by atoms with van der Waals surface area (Å²) in [6, 6.07) is 0. The zero-order chi connectivity index (χ0) is 13.7. The van der Waals surface area contributed by atoms with Crippen molar-refractivity contribution in [2.24, 2.45) is 11.3 Å². The van der Waals surface area contributed by atoms with Gasteiger partial charge in [-0.15, -0.1) is 0 Å². The Bertz CT molecular complexity index is 239. The number of nitrogens with one attached hydrogen (secondary N) is 1. The smallest absolute Gasteiger partial charge is 0.307 e. The molecule has 0 aromatic carbocycles. The van der Waals surface area contributed by atoms with Crippen LogP contribution in [0, 0.1) is 11.3 Å². The van der Waals surface area contributed by atoms with E-state index in [0.717, 1.165) is 6.54 Å². The van der Waals surface area contributed by atoms with Crippen molar-refractivity contribution in [3.63, 3.8) is 0 Å². The lowest BCUT2D eigenvalue weighted by Crippen LogP contribution is -2.35. The molecule has 0 atom stereocenters. The minimum Gasteiger partial charge on any atom is -0.460 e. The third kappa shape index (κ3) is 8.19. The predicted octanol–water partition coefficient (Wildman–Crippen LogP) is 2.99. The van der Waals surface area contributed by atoms with Crippen LogP contribution >= 0.6 is 0 Å². The molecule has 17 heavy (non-hydrogen) atoms.